The van der Waals surface area contributed by atoms with Crippen molar-refractivity contribution in [2.75, 3.05) is 5.73 Å². The summed E-state index contributed by atoms with van der Waals surface area (Å²) in [5.41, 5.74) is 7.60. The molecule has 1 aromatic carbocycles. The van der Waals surface area contributed by atoms with Gasteiger partial charge in [0.25, 0.3) is 5.56 Å². The Balaban J connectivity index is 1.41. The first-order valence-electron chi connectivity index (χ1n) is 10.6. The van der Waals surface area contributed by atoms with E-state index in [9.17, 15) is 9.18 Å². The van der Waals surface area contributed by atoms with Gasteiger partial charge in [-0.2, -0.15) is 9.07 Å². The Labute approximate surface area is 201 Å². The summed E-state index contributed by atoms with van der Waals surface area (Å²) in [6.45, 7) is 0. The highest BCUT2D eigenvalue weighted by molar-refractivity contribution is 6.31. The number of benzene rings is 1. The number of fused-ring (bicyclic) bond motifs is 1. The van der Waals surface area contributed by atoms with Gasteiger partial charge in [-0.25, -0.2) is 15.0 Å². The Kier molecular flexibility index (Phi) is 4.88. The number of anilines is 1. The SMILES string of the molecule is Nc1ccc(-c2nc([C@@H]3CCc4nc(-c5cc(Cl)ccc5-n5cnnn5)cc(=O)n43)[nH]c2F)cn1. The van der Waals surface area contributed by atoms with Crippen LogP contribution in [0.2, 0.25) is 5.02 Å². The van der Waals surface area contributed by atoms with Crippen LogP contribution in [0.25, 0.3) is 28.2 Å². The number of pyridine rings is 1. The summed E-state index contributed by atoms with van der Waals surface area (Å²) >= 11 is 6.23. The predicted molar refractivity (Wildman–Crippen MR) is 124 cm³/mol. The van der Waals surface area contributed by atoms with Crippen LogP contribution in [0.4, 0.5) is 10.2 Å². The molecule has 11 nitrogen and oxygen atoms in total. The van der Waals surface area contributed by atoms with Crippen LogP contribution in [0.1, 0.15) is 24.1 Å². The molecule has 0 unspecified atom stereocenters. The molecule has 4 aromatic heterocycles. The average Bonchev–Trinajstić information content (AvgIpc) is 3.59. The lowest BCUT2D eigenvalue weighted by molar-refractivity contribution is 0.546. The number of H-pyrrole nitrogens is 1. The lowest BCUT2D eigenvalue weighted by atomic mass is 10.1. The minimum atomic E-state index is -0.609. The van der Waals surface area contributed by atoms with Crippen molar-refractivity contribution in [2.45, 2.75) is 18.9 Å². The zero-order chi connectivity index (χ0) is 24.1. The van der Waals surface area contributed by atoms with Crippen LogP contribution in [0, 0.1) is 5.95 Å². The van der Waals surface area contributed by atoms with Crippen LogP contribution < -0.4 is 11.3 Å². The molecule has 0 fully saturated rings. The summed E-state index contributed by atoms with van der Waals surface area (Å²) in [6.07, 6.45) is 3.94. The smallest absolute Gasteiger partial charge is 0.254 e. The molecule has 0 amide bonds. The molecule has 1 atom stereocenters. The Morgan fingerprint density at radius 3 is 2.83 bits per heavy atom. The Bertz CT molecular complexity index is 1610. The minimum Gasteiger partial charge on any atom is -0.384 e. The number of imidazole rings is 1. The second kappa shape index (κ2) is 8.09. The van der Waals surface area contributed by atoms with Crippen LogP contribution in [0.3, 0.4) is 0 Å². The van der Waals surface area contributed by atoms with Gasteiger partial charge in [-0.3, -0.25) is 9.36 Å². The van der Waals surface area contributed by atoms with Gasteiger partial charge >= 0.3 is 0 Å². The van der Waals surface area contributed by atoms with Crippen LogP contribution in [-0.4, -0.2) is 44.7 Å². The third-order valence-electron chi connectivity index (χ3n) is 5.86. The first-order valence-corrected chi connectivity index (χ1v) is 11.0. The number of nitrogens with zero attached hydrogens (tertiary/aromatic N) is 8. The van der Waals surface area contributed by atoms with E-state index in [-0.39, 0.29) is 11.3 Å². The van der Waals surface area contributed by atoms with E-state index in [1.807, 2.05) is 0 Å². The molecule has 13 heteroatoms. The van der Waals surface area contributed by atoms with E-state index >= 15 is 0 Å². The van der Waals surface area contributed by atoms with Crippen molar-refractivity contribution in [3.63, 3.8) is 0 Å². The molecular formula is C22H16ClFN10O. The molecule has 5 heterocycles. The largest absolute Gasteiger partial charge is 0.384 e. The van der Waals surface area contributed by atoms with Crippen LogP contribution in [0.15, 0.2) is 53.7 Å². The highest BCUT2D eigenvalue weighted by Crippen LogP contribution is 2.33. The van der Waals surface area contributed by atoms with Gasteiger partial charge in [0.2, 0.25) is 5.95 Å². The number of halogens is 2. The molecule has 0 spiro atoms. The topological polar surface area (TPSA) is 146 Å². The van der Waals surface area contributed by atoms with E-state index in [0.29, 0.717) is 57.8 Å². The fourth-order valence-corrected chi connectivity index (χ4v) is 4.46. The minimum absolute atomic E-state index is 0.114. The van der Waals surface area contributed by atoms with Crippen LogP contribution in [0.5, 0.6) is 0 Å². The molecule has 6 rings (SSSR count). The normalized spacial score (nSPS) is 14.9. The maximum atomic E-state index is 14.7. The first kappa shape index (κ1) is 21.1. The standard InChI is InChI=1S/C22H16ClFN10O/c23-12-2-3-15(33-10-27-31-32-33)13(7-12)14-8-19(35)34-16(4-6-18(34)28-14)22-29-20(21(24)30-22)11-1-5-17(25)26-9-11/h1-3,5,7-10,16H,4,6H2,(H2,25,26)(H,29,30)/t16-/m0/s1. The summed E-state index contributed by atoms with van der Waals surface area (Å²) in [5.74, 6) is 0.614. The number of aryl methyl sites for hydroxylation is 1. The number of nitrogens with one attached hydrogen (secondary N) is 1. The van der Waals surface area contributed by atoms with Gasteiger partial charge < -0.3 is 10.7 Å². The van der Waals surface area contributed by atoms with Crippen molar-refractivity contribution < 1.29 is 4.39 Å². The summed E-state index contributed by atoms with van der Waals surface area (Å²) < 4.78 is 17.7. The molecule has 5 aromatic rings. The van der Waals surface area contributed by atoms with Gasteiger partial charge in [-0.05, 0) is 47.2 Å². The van der Waals surface area contributed by atoms with E-state index in [4.69, 9.17) is 22.3 Å². The Morgan fingerprint density at radius 1 is 1.17 bits per heavy atom. The van der Waals surface area contributed by atoms with E-state index in [2.05, 4.69) is 30.5 Å². The van der Waals surface area contributed by atoms with Gasteiger partial charge in [0.05, 0.1) is 17.4 Å². The lowest BCUT2D eigenvalue weighted by Gasteiger charge is -2.14. The van der Waals surface area contributed by atoms with Gasteiger partial charge in [0.1, 0.15) is 29.5 Å². The number of nitrogens with two attached hydrogens (primary N) is 1. The number of tetrazole rings is 1. The number of aromatic amines is 1. The molecule has 1 aliphatic rings. The second-order valence-corrected chi connectivity index (χ2v) is 8.43. The summed E-state index contributed by atoms with van der Waals surface area (Å²) in [7, 11) is 0. The average molecular weight is 491 g/mol. The van der Waals surface area contributed by atoms with E-state index < -0.39 is 12.0 Å². The van der Waals surface area contributed by atoms with Crippen molar-refractivity contribution in [3.05, 3.63) is 81.9 Å². The molecule has 0 bridgehead atoms. The summed E-state index contributed by atoms with van der Waals surface area (Å²) in [4.78, 5) is 29.1. The maximum absolute atomic E-state index is 14.7. The summed E-state index contributed by atoms with van der Waals surface area (Å²) in [6, 6.07) is 9.32. The predicted octanol–water partition coefficient (Wildman–Crippen LogP) is 2.58. The zero-order valence-corrected chi connectivity index (χ0v) is 18.7. The molecule has 0 saturated carbocycles. The fourth-order valence-electron chi connectivity index (χ4n) is 4.29. The number of aromatic nitrogens is 9. The third kappa shape index (κ3) is 3.64. The highest BCUT2D eigenvalue weighted by Gasteiger charge is 2.30. The van der Waals surface area contributed by atoms with Gasteiger partial charge in [0, 0.05) is 34.8 Å². The molecule has 0 saturated heterocycles. The van der Waals surface area contributed by atoms with Crippen molar-refractivity contribution >= 4 is 17.4 Å². The van der Waals surface area contributed by atoms with Gasteiger partial charge in [0.15, 0.2) is 0 Å². The number of hydrogen-bond acceptors (Lipinski definition) is 8. The molecule has 174 valence electrons. The Morgan fingerprint density at radius 2 is 2.06 bits per heavy atom. The lowest BCUT2D eigenvalue weighted by Crippen LogP contribution is -2.25. The molecule has 35 heavy (non-hydrogen) atoms. The maximum Gasteiger partial charge on any atom is 0.254 e. The quantitative estimate of drug-likeness (QED) is 0.391. The Hall–Kier alpha value is -4.45. The number of hydrogen-bond donors (Lipinski definition) is 2. The molecular weight excluding hydrogens is 475 g/mol. The van der Waals surface area contributed by atoms with Crippen LogP contribution in [-0.2, 0) is 6.42 Å². The number of rotatable bonds is 4. The zero-order valence-electron chi connectivity index (χ0n) is 17.9. The van der Waals surface area contributed by atoms with Crippen molar-refractivity contribution in [1.29, 1.82) is 0 Å². The van der Waals surface area contributed by atoms with E-state index in [0.717, 1.165) is 0 Å². The van der Waals surface area contributed by atoms with E-state index in [1.165, 1.54) is 27.8 Å². The monoisotopic (exact) mass is 490 g/mol. The number of nitrogen functional groups attached to an aromatic ring is 1. The van der Waals surface area contributed by atoms with Crippen molar-refractivity contribution in [1.82, 2.24) is 44.7 Å². The van der Waals surface area contributed by atoms with Crippen molar-refractivity contribution in [2.24, 2.45) is 0 Å². The highest BCUT2D eigenvalue weighted by atomic mass is 35.5. The molecule has 3 N–H and O–H groups in total. The third-order valence-corrected chi connectivity index (χ3v) is 6.10. The van der Waals surface area contributed by atoms with E-state index in [1.54, 1.807) is 30.3 Å². The molecule has 0 aliphatic carbocycles. The fraction of sp³-hybridized carbons (Fsp3) is 0.136. The van der Waals surface area contributed by atoms with Crippen molar-refractivity contribution in [3.8, 4) is 28.2 Å². The second-order valence-electron chi connectivity index (χ2n) is 7.99. The summed E-state index contributed by atoms with van der Waals surface area (Å²) in [5, 5.41) is 11.8. The van der Waals surface area contributed by atoms with Gasteiger partial charge in [-0.15, -0.1) is 5.10 Å². The first-order chi connectivity index (χ1) is 17.0. The van der Waals surface area contributed by atoms with Gasteiger partial charge in [-0.1, -0.05) is 11.6 Å². The molecule has 1 aliphatic heterocycles. The van der Waals surface area contributed by atoms with Crippen LogP contribution >= 0.6 is 11.6 Å². The molecule has 0 radical (unpaired) electrons.